The summed E-state index contributed by atoms with van der Waals surface area (Å²) in [7, 11) is 0. The third-order valence-electron chi connectivity index (χ3n) is 4.25. The normalized spacial score (nSPS) is 10.6. The second-order valence-corrected chi connectivity index (χ2v) is 6.68. The van der Waals surface area contributed by atoms with Gasteiger partial charge in [0.05, 0.1) is 11.2 Å². The van der Waals surface area contributed by atoms with Crippen LogP contribution in [0.1, 0.15) is 18.9 Å². The molecule has 1 heterocycles. The van der Waals surface area contributed by atoms with Crippen molar-refractivity contribution in [3.05, 3.63) is 71.4 Å². The fourth-order valence-corrected chi connectivity index (χ4v) is 2.94. The van der Waals surface area contributed by atoms with E-state index < -0.39 is 0 Å². The van der Waals surface area contributed by atoms with Gasteiger partial charge < -0.3 is 10.2 Å². The van der Waals surface area contributed by atoms with Crippen molar-refractivity contribution in [1.29, 1.82) is 0 Å². The van der Waals surface area contributed by atoms with Gasteiger partial charge >= 0.3 is 0 Å². The van der Waals surface area contributed by atoms with E-state index in [2.05, 4.69) is 10.3 Å². The zero-order valence-electron chi connectivity index (χ0n) is 15.0. The van der Waals surface area contributed by atoms with E-state index in [0.29, 0.717) is 23.8 Å². The molecule has 27 heavy (non-hydrogen) atoms. The van der Waals surface area contributed by atoms with Crippen molar-refractivity contribution in [1.82, 2.24) is 9.88 Å². The van der Waals surface area contributed by atoms with Crippen molar-refractivity contribution >= 4 is 40.0 Å². The van der Waals surface area contributed by atoms with Gasteiger partial charge in [-0.25, -0.2) is 0 Å². The number of nitrogens with zero attached hydrogens (tertiary/aromatic N) is 2. The smallest absolute Gasteiger partial charge is 0.226 e. The Labute approximate surface area is 163 Å². The number of hydrogen-bond donors (Lipinski definition) is 1. The molecule has 1 N–H and O–H groups in total. The maximum Gasteiger partial charge on any atom is 0.226 e. The molecule has 5 nitrogen and oxygen atoms in total. The minimum Gasteiger partial charge on any atom is -0.338 e. The summed E-state index contributed by atoms with van der Waals surface area (Å²) in [5.41, 5.74) is 2.39. The Morgan fingerprint density at radius 2 is 1.81 bits per heavy atom. The molecule has 0 spiro atoms. The van der Waals surface area contributed by atoms with Gasteiger partial charge in [-0.15, -0.1) is 0 Å². The molecule has 138 valence electrons. The fraction of sp³-hybridized carbons (Fsp3) is 0.190. The zero-order valence-corrected chi connectivity index (χ0v) is 15.7. The van der Waals surface area contributed by atoms with Gasteiger partial charge in [0.15, 0.2) is 0 Å². The van der Waals surface area contributed by atoms with E-state index in [0.717, 1.165) is 16.5 Å². The van der Waals surface area contributed by atoms with Crippen LogP contribution in [-0.4, -0.2) is 28.2 Å². The Bertz CT molecular complexity index is 952. The van der Waals surface area contributed by atoms with Gasteiger partial charge in [0.25, 0.3) is 0 Å². The van der Waals surface area contributed by atoms with Gasteiger partial charge in [-0.05, 0) is 29.8 Å². The number of carbonyl (C=O) groups excluding carboxylic acids is 2. The van der Waals surface area contributed by atoms with Crippen LogP contribution in [0.25, 0.3) is 10.9 Å². The second-order valence-electron chi connectivity index (χ2n) is 6.25. The summed E-state index contributed by atoms with van der Waals surface area (Å²) in [5.74, 6) is -0.236. The van der Waals surface area contributed by atoms with Crippen LogP contribution in [-0.2, 0) is 16.1 Å². The highest BCUT2D eigenvalue weighted by molar-refractivity contribution is 6.30. The summed E-state index contributed by atoms with van der Waals surface area (Å²) in [6.45, 7) is 2.28. The third kappa shape index (κ3) is 5.05. The van der Waals surface area contributed by atoms with E-state index in [1.165, 1.54) is 6.92 Å². The van der Waals surface area contributed by atoms with Gasteiger partial charge in [0.2, 0.25) is 11.8 Å². The summed E-state index contributed by atoms with van der Waals surface area (Å²) in [6, 6.07) is 16.8. The molecule has 0 bridgehead atoms. The molecular weight excluding hydrogens is 362 g/mol. The van der Waals surface area contributed by atoms with Crippen LogP contribution >= 0.6 is 11.6 Å². The molecule has 2 aromatic carbocycles. The molecular formula is C21H20ClN3O2. The number of hydrogen-bond acceptors (Lipinski definition) is 3. The van der Waals surface area contributed by atoms with E-state index in [9.17, 15) is 9.59 Å². The first-order valence-electron chi connectivity index (χ1n) is 8.66. The molecule has 3 aromatic rings. The molecule has 2 amide bonds. The van der Waals surface area contributed by atoms with Gasteiger partial charge in [-0.1, -0.05) is 41.9 Å². The predicted octanol–water partition coefficient (Wildman–Crippen LogP) is 4.27. The lowest BCUT2D eigenvalue weighted by Crippen LogP contribution is -2.31. The standard InChI is InChI=1S/C21H20ClN3O2/c1-15(26)25(14-16-7-9-18(22)10-8-16)13-11-20(27)24-19-6-2-4-17-5-3-12-23-21(17)19/h2-10,12H,11,13-14H2,1H3,(H,24,27). The van der Waals surface area contributed by atoms with Crippen molar-refractivity contribution in [2.45, 2.75) is 19.9 Å². The number of rotatable bonds is 6. The molecule has 1 aromatic heterocycles. The number of benzene rings is 2. The van der Waals surface area contributed by atoms with Crippen LogP contribution < -0.4 is 5.32 Å². The largest absolute Gasteiger partial charge is 0.338 e. The summed E-state index contributed by atoms with van der Waals surface area (Å²) in [4.78, 5) is 30.3. The van der Waals surface area contributed by atoms with Crippen LogP contribution in [0, 0.1) is 0 Å². The Morgan fingerprint density at radius 3 is 2.56 bits per heavy atom. The van der Waals surface area contributed by atoms with Gasteiger partial charge in [0.1, 0.15) is 0 Å². The lowest BCUT2D eigenvalue weighted by molar-refractivity contribution is -0.129. The van der Waals surface area contributed by atoms with Crippen LogP contribution in [0.2, 0.25) is 5.02 Å². The molecule has 0 saturated heterocycles. The van der Waals surface area contributed by atoms with Crippen molar-refractivity contribution < 1.29 is 9.59 Å². The van der Waals surface area contributed by atoms with E-state index in [1.54, 1.807) is 23.2 Å². The first kappa shape index (κ1) is 18.9. The van der Waals surface area contributed by atoms with E-state index in [4.69, 9.17) is 11.6 Å². The van der Waals surface area contributed by atoms with Crippen LogP contribution in [0.4, 0.5) is 5.69 Å². The first-order chi connectivity index (χ1) is 13.0. The SMILES string of the molecule is CC(=O)N(CCC(=O)Nc1cccc2cccnc12)Cc1ccc(Cl)cc1. The molecule has 6 heteroatoms. The molecule has 0 aliphatic rings. The third-order valence-corrected chi connectivity index (χ3v) is 4.50. The van der Waals surface area contributed by atoms with Crippen LogP contribution in [0.15, 0.2) is 60.8 Å². The molecule has 0 aliphatic heterocycles. The first-order valence-corrected chi connectivity index (χ1v) is 9.04. The van der Waals surface area contributed by atoms with E-state index in [1.807, 2.05) is 42.5 Å². The van der Waals surface area contributed by atoms with Crippen molar-refractivity contribution in [2.24, 2.45) is 0 Å². The lowest BCUT2D eigenvalue weighted by atomic mass is 10.2. The topological polar surface area (TPSA) is 62.3 Å². The maximum absolute atomic E-state index is 12.4. The zero-order chi connectivity index (χ0) is 19.2. The molecule has 0 unspecified atom stereocenters. The monoisotopic (exact) mass is 381 g/mol. The molecule has 0 radical (unpaired) electrons. The average Bonchev–Trinajstić information content (AvgIpc) is 2.66. The fourth-order valence-electron chi connectivity index (χ4n) is 2.81. The molecule has 0 fully saturated rings. The van der Waals surface area contributed by atoms with Crippen molar-refractivity contribution in [3.63, 3.8) is 0 Å². The molecule has 0 atom stereocenters. The van der Waals surface area contributed by atoms with Gasteiger partial charge in [-0.2, -0.15) is 0 Å². The Kier molecular flexibility index (Phi) is 6.04. The summed E-state index contributed by atoms with van der Waals surface area (Å²) >= 11 is 5.89. The number of pyridine rings is 1. The van der Waals surface area contributed by atoms with Crippen LogP contribution in [0.3, 0.4) is 0 Å². The Balaban J connectivity index is 1.62. The summed E-state index contributed by atoms with van der Waals surface area (Å²) in [6.07, 6.45) is 1.90. The van der Waals surface area contributed by atoms with Gasteiger partial charge in [-0.3, -0.25) is 14.6 Å². The quantitative estimate of drug-likeness (QED) is 0.693. The number of halogens is 1. The number of amides is 2. The average molecular weight is 382 g/mol. The lowest BCUT2D eigenvalue weighted by Gasteiger charge is -2.21. The second kappa shape index (κ2) is 8.64. The Morgan fingerprint density at radius 1 is 1.07 bits per heavy atom. The molecule has 0 saturated carbocycles. The molecule has 3 rings (SSSR count). The number of nitrogens with one attached hydrogen (secondary N) is 1. The predicted molar refractivity (Wildman–Crippen MR) is 108 cm³/mol. The highest BCUT2D eigenvalue weighted by Crippen LogP contribution is 2.20. The highest BCUT2D eigenvalue weighted by Gasteiger charge is 2.13. The highest BCUT2D eigenvalue weighted by atomic mass is 35.5. The maximum atomic E-state index is 12.4. The van der Waals surface area contributed by atoms with Crippen molar-refractivity contribution in [3.8, 4) is 0 Å². The number of aromatic nitrogens is 1. The van der Waals surface area contributed by atoms with Gasteiger partial charge in [0, 0.05) is 43.0 Å². The summed E-state index contributed by atoms with van der Waals surface area (Å²) < 4.78 is 0. The van der Waals surface area contributed by atoms with Crippen LogP contribution in [0.5, 0.6) is 0 Å². The summed E-state index contributed by atoms with van der Waals surface area (Å²) in [5, 5.41) is 4.50. The number of fused-ring (bicyclic) bond motifs is 1. The number of anilines is 1. The Hall–Kier alpha value is -2.92. The minimum atomic E-state index is -0.157. The number of para-hydroxylation sites is 1. The van der Waals surface area contributed by atoms with E-state index in [-0.39, 0.29) is 18.2 Å². The van der Waals surface area contributed by atoms with E-state index >= 15 is 0 Å². The van der Waals surface area contributed by atoms with Crippen molar-refractivity contribution in [2.75, 3.05) is 11.9 Å². The number of carbonyl (C=O) groups is 2. The molecule has 0 aliphatic carbocycles. The minimum absolute atomic E-state index is 0.0791.